The van der Waals surface area contributed by atoms with Crippen LogP contribution >= 0.6 is 0 Å². The van der Waals surface area contributed by atoms with Crippen LogP contribution in [0.15, 0.2) is 48.6 Å². The Kier molecular flexibility index (Phi) is 6.16. The van der Waals surface area contributed by atoms with E-state index in [-0.39, 0.29) is 29.5 Å². The van der Waals surface area contributed by atoms with E-state index in [2.05, 4.69) is 0 Å². The third kappa shape index (κ3) is 5.24. The van der Waals surface area contributed by atoms with Crippen molar-refractivity contribution < 1.29 is 29.6 Å². The number of methoxy groups -OCH3 is 1. The zero-order chi connectivity index (χ0) is 19.1. The van der Waals surface area contributed by atoms with Crippen molar-refractivity contribution >= 4 is 23.7 Å². The van der Waals surface area contributed by atoms with Gasteiger partial charge in [0, 0.05) is 0 Å². The van der Waals surface area contributed by atoms with Crippen molar-refractivity contribution in [2.45, 2.75) is 6.42 Å². The minimum Gasteiger partial charge on any atom is -0.504 e. The van der Waals surface area contributed by atoms with Crippen LogP contribution in [-0.4, -0.2) is 34.0 Å². The van der Waals surface area contributed by atoms with Crippen LogP contribution in [0.25, 0.3) is 12.2 Å². The minimum absolute atomic E-state index is 0.0433. The number of phenolic OH excluding ortho intramolecular Hbond substituents is 3. The summed E-state index contributed by atoms with van der Waals surface area (Å²) in [5, 5.41) is 28.3. The first-order chi connectivity index (χ1) is 12.4. The Morgan fingerprint density at radius 1 is 0.846 bits per heavy atom. The zero-order valence-corrected chi connectivity index (χ0v) is 14.0. The van der Waals surface area contributed by atoms with Crippen LogP contribution in [0, 0.1) is 0 Å². The number of hydrogen-bond acceptors (Lipinski definition) is 6. The maximum atomic E-state index is 11.8. The van der Waals surface area contributed by atoms with Crippen molar-refractivity contribution in [1.82, 2.24) is 0 Å². The fourth-order valence-corrected chi connectivity index (χ4v) is 2.12. The lowest BCUT2D eigenvalue weighted by molar-refractivity contribution is -0.121. The fraction of sp³-hybridized carbons (Fsp3) is 0.100. The van der Waals surface area contributed by atoms with Gasteiger partial charge in [0.1, 0.15) is 0 Å². The number of hydrogen-bond donors (Lipinski definition) is 3. The Morgan fingerprint density at radius 2 is 1.38 bits per heavy atom. The van der Waals surface area contributed by atoms with Crippen molar-refractivity contribution in [3.63, 3.8) is 0 Å². The third-order valence-corrected chi connectivity index (χ3v) is 3.47. The number of carbonyl (C=O) groups is 2. The van der Waals surface area contributed by atoms with E-state index < -0.39 is 5.78 Å². The van der Waals surface area contributed by atoms with Crippen LogP contribution in [0.2, 0.25) is 0 Å². The van der Waals surface area contributed by atoms with Crippen LogP contribution in [0.1, 0.15) is 17.5 Å². The van der Waals surface area contributed by atoms with E-state index in [4.69, 9.17) is 4.74 Å². The molecule has 0 aromatic heterocycles. The molecule has 0 fully saturated rings. The number of allylic oxidation sites excluding steroid dienone is 2. The first-order valence-corrected chi connectivity index (χ1v) is 7.70. The van der Waals surface area contributed by atoms with Gasteiger partial charge in [0.15, 0.2) is 34.6 Å². The average Bonchev–Trinajstić information content (AvgIpc) is 2.61. The molecule has 0 saturated heterocycles. The predicted octanol–water partition coefficient (Wildman–Crippen LogP) is 3.07. The van der Waals surface area contributed by atoms with Gasteiger partial charge in [-0.05, 0) is 47.5 Å². The lowest BCUT2D eigenvalue weighted by Gasteiger charge is -2.03. The molecule has 0 spiro atoms. The summed E-state index contributed by atoms with van der Waals surface area (Å²) in [6, 6.07) is 8.81. The van der Waals surface area contributed by atoms with Gasteiger partial charge in [0.2, 0.25) is 0 Å². The quantitative estimate of drug-likeness (QED) is 0.401. The maximum Gasteiger partial charge on any atom is 0.163 e. The molecule has 6 nitrogen and oxygen atoms in total. The van der Waals surface area contributed by atoms with E-state index in [0.29, 0.717) is 16.9 Å². The molecule has 0 amide bonds. The molecule has 0 aliphatic heterocycles. The Bertz CT molecular complexity index is 880. The van der Waals surface area contributed by atoms with Crippen LogP contribution in [0.4, 0.5) is 0 Å². The van der Waals surface area contributed by atoms with E-state index in [9.17, 15) is 24.9 Å². The molecule has 2 aromatic rings. The lowest BCUT2D eigenvalue weighted by Crippen LogP contribution is -2.01. The highest BCUT2D eigenvalue weighted by Gasteiger charge is 2.05. The first-order valence-electron chi connectivity index (χ1n) is 7.70. The van der Waals surface area contributed by atoms with Gasteiger partial charge < -0.3 is 20.1 Å². The summed E-state index contributed by atoms with van der Waals surface area (Å²) in [5.74, 6) is -1.04. The molecule has 0 atom stereocenters. The van der Waals surface area contributed by atoms with E-state index >= 15 is 0 Å². The highest BCUT2D eigenvalue weighted by atomic mass is 16.5. The van der Waals surface area contributed by atoms with Gasteiger partial charge in [-0.3, -0.25) is 9.59 Å². The standard InChI is InChI=1S/C20H18O6/c1-26-20-9-5-14(11-19(20)25)3-7-16(22)12-15(21)6-2-13-4-8-17(23)18(24)10-13/h2-11,23-25H,12H2,1H3. The number of ether oxygens (including phenoxy) is 1. The van der Waals surface area contributed by atoms with Crippen molar-refractivity contribution in [3.8, 4) is 23.0 Å². The number of ketones is 2. The molecule has 3 N–H and O–H groups in total. The number of benzene rings is 2. The molecule has 0 heterocycles. The van der Waals surface area contributed by atoms with Crippen molar-refractivity contribution in [2.75, 3.05) is 7.11 Å². The smallest absolute Gasteiger partial charge is 0.163 e. The van der Waals surface area contributed by atoms with E-state index in [1.807, 2.05) is 0 Å². The van der Waals surface area contributed by atoms with Gasteiger partial charge in [-0.25, -0.2) is 0 Å². The highest BCUT2D eigenvalue weighted by molar-refractivity contribution is 6.10. The summed E-state index contributed by atoms with van der Waals surface area (Å²) < 4.78 is 4.93. The molecule has 0 radical (unpaired) electrons. The van der Waals surface area contributed by atoms with Crippen LogP contribution in [0.3, 0.4) is 0 Å². The molecule has 0 bridgehead atoms. The second-order valence-corrected chi connectivity index (χ2v) is 5.46. The Morgan fingerprint density at radius 3 is 1.88 bits per heavy atom. The number of phenols is 3. The lowest BCUT2D eigenvalue weighted by atomic mass is 10.1. The molecular formula is C20H18O6. The molecule has 0 aliphatic carbocycles. The van der Waals surface area contributed by atoms with E-state index in [1.54, 1.807) is 12.1 Å². The second-order valence-electron chi connectivity index (χ2n) is 5.46. The largest absolute Gasteiger partial charge is 0.504 e. The van der Waals surface area contributed by atoms with Gasteiger partial charge in [-0.15, -0.1) is 0 Å². The third-order valence-electron chi connectivity index (χ3n) is 3.47. The molecule has 0 aliphatic rings. The molecule has 0 unspecified atom stereocenters. The monoisotopic (exact) mass is 354 g/mol. The maximum absolute atomic E-state index is 11.8. The van der Waals surface area contributed by atoms with Crippen molar-refractivity contribution in [1.29, 1.82) is 0 Å². The SMILES string of the molecule is COc1ccc(C=CC(=O)CC(=O)C=Cc2ccc(O)c(O)c2)cc1O. The van der Waals surface area contributed by atoms with Gasteiger partial charge in [-0.2, -0.15) is 0 Å². The fourth-order valence-electron chi connectivity index (χ4n) is 2.12. The summed E-state index contributed by atoms with van der Waals surface area (Å²) >= 11 is 0. The summed E-state index contributed by atoms with van der Waals surface area (Å²) in [6.07, 6.45) is 5.13. The molecule has 134 valence electrons. The molecule has 6 heteroatoms. The normalized spacial score (nSPS) is 11.1. The summed E-state index contributed by atoms with van der Waals surface area (Å²) in [6.45, 7) is 0. The summed E-state index contributed by atoms with van der Waals surface area (Å²) in [7, 11) is 1.44. The predicted molar refractivity (Wildman–Crippen MR) is 97.1 cm³/mol. The molecule has 26 heavy (non-hydrogen) atoms. The minimum atomic E-state index is -0.398. The van der Waals surface area contributed by atoms with Gasteiger partial charge in [0.05, 0.1) is 13.5 Å². The summed E-state index contributed by atoms with van der Waals surface area (Å²) in [5.41, 5.74) is 1.12. The van der Waals surface area contributed by atoms with Gasteiger partial charge in [-0.1, -0.05) is 24.3 Å². The number of rotatable bonds is 7. The Hall–Kier alpha value is -3.54. The van der Waals surface area contributed by atoms with E-state index in [1.165, 1.54) is 55.7 Å². The van der Waals surface area contributed by atoms with Crippen molar-refractivity contribution in [3.05, 3.63) is 59.7 Å². The van der Waals surface area contributed by atoms with Gasteiger partial charge in [0.25, 0.3) is 0 Å². The number of aromatic hydroxyl groups is 3. The van der Waals surface area contributed by atoms with Crippen molar-refractivity contribution in [2.24, 2.45) is 0 Å². The highest BCUT2D eigenvalue weighted by Crippen LogP contribution is 2.27. The van der Waals surface area contributed by atoms with Crippen LogP contribution in [0.5, 0.6) is 23.0 Å². The van der Waals surface area contributed by atoms with E-state index in [0.717, 1.165) is 0 Å². The first kappa shape index (κ1) is 18.8. The topological polar surface area (TPSA) is 104 Å². The molecule has 2 aromatic carbocycles. The van der Waals surface area contributed by atoms with Crippen LogP contribution < -0.4 is 4.74 Å². The Labute approximate surface area is 150 Å². The molecule has 2 rings (SSSR count). The zero-order valence-electron chi connectivity index (χ0n) is 14.0. The Balaban J connectivity index is 1.94. The molecular weight excluding hydrogens is 336 g/mol. The molecule has 0 saturated carbocycles. The average molecular weight is 354 g/mol. The summed E-state index contributed by atoms with van der Waals surface area (Å²) in [4.78, 5) is 23.7. The van der Waals surface area contributed by atoms with Gasteiger partial charge >= 0.3 is 0 Å². The van der Waals surface area contributed by atoms with Crippen LogP contribution in [-0.2, 0) is 9.59 Å². The number of carbonyl (C=O) groups excluding carboxylic acids is 2. The second kappa shape index (κ2) is 8.53.